The number of para-hydroxylation sites is 1. The summed E-state index contributed by atoms with van der Waals surface area (Å²) < 4.78 is 40.7. The molecule has 1 amide bonds. The number of hydrazine groups is 1. The number of benzene rings is 2. The van der Waals surface area contributed by atoms with Crippen LogP contribution in [0.2, 0.25) is 0 Å². The van der Waals surface area contributed by atoms with Crippen molar-refractivity contribution in [1.82, 2.24) is 20.2 Å². The first-order valence-corrected chi connectivity index (χ1v) is 11.9. The number of rotatable bonds is 9. The van der Waals surface area contributed by atoms with Crippen molar-refractivity contribution in [2.45, 2.75) is 16.2 Å². The fraction of sp³-hybridized carbons (Fsp3) is 0.118. The summed E-state index contributed by atoms with van der Waals surface area (Å²) in [7, 11) is -6.60. The molecular weight excluding hydrogens is 472 g/mol. The van der Waals surface area contributed by atoms with Crippen molar-refractivity contribution in [2.24, 2.45) is 27.6 Å². The van der Waals surface area contributed by atoms with Crippen LogP contribution in [-0.4, -0.2) is 40.9 Å². The van der Waals surface area contributed by atoms with Crippen molar-refractivity contribution in [2.75, 3.05) is 12.3 Å². The summed E-state index contributed by atoms with van der Waals surface area (Å²) in [5, 5.41) is 9.20. The van der Waals surface area contributed by atoms with Crippen LogP contribution < -0.4 is 38.4 Å². The molecule has 0 aliphatic carbocycles. The van der Waals surface area contributed by atoms with Gasteiger partial charge in [-0.3, -0.25) is 4.79 Å². The zero-order chi connectivity index (χ0) is 24.3. The smallest absolute Gasteiger partial charge is 0.240 e. The molecule has 3 rings (SSSR count). The van der Waals surface area contributed by atoms with E-state index in [2.05, 4.69) is 19.8 Å². The molecule has 1 atom stereocenters. The van der Waals surface area contributed by atoms with Crippen molar-refractivity contribution in [1.29, 1.82) is 0 Å². The number of H-pyrrole nitrogens is 1. The van der Waals surface area contributed by atoms with Crippen molar-refractivity contribution in [3.05, 3.63) is 35.9 Å². The number of imidazole rings is 1. The Labute approximate surface area is 190 Å². The Bertz CT molecular complexity index is 1380. The number of aromatic amines is 1. The Morgan fingerprint density at radius 3 is 2.55 bits per heavy atom. The topological polar surface area (TPSA) is 263 Å². The number of nitrogens with zero attached hydrogens (tertiary/aromatic N) is 2. The zero-order valence-electron chi connectivity index (χ0n) is 17.0. The van der Waals surface area contributed by atoms with Gasteiger partial charge in [0, 0.05) is 24.1 Å². The Morgan fingerprint density at radius 1 is 1.18 bits per heavy atom. The Morgan fingerprint density at radius 2 is 1.91 bits per heavy atom. The molecule has 0 spiro atoms. The van der Waals surface area contributed by atoms with Crippen LogP contribution in [0.5, 0.6) is 0 Å². The lowest BCUT2D eigenvalue weighted by Crippen LogP contribution is -2.30. The first-order valence-electron chi connectivity index (χ1n) is 9.21. The predicted octanol–water partition coefficient (Wildman–Crippen LogP) is -1.97. The lowest BCUT2D eigenvalue weighted by atomic mass is 9.97. The number of aromatic nitrogens is 2. The number of nitrogens with two attached hydrogens (primary N) is 5. The number of hydrazone groups is 1. The third kappa shape index (κ3) is 5.10. The summed E-state index contributed by atoms with van der Waals surface area (Å²) in [6.07, 6.45) is -0.120. The van der Waals surface area contributed by atoms with Crippen LogP contribution in [0, 0.1) is 0 Å². The highest BCUT2D eigenvalue weighted by Gasteiger charge is 2.29. The molecule has 0 radical (unpaired) electrons. The van der Waals surface area contributed by atoms with Crippen LogP contribution in [0.3, 0.4) is 0 Å². The van der Waals surface area contributed by atoms with Crippen LogP contribution in [0.4, 0.5) is 5.95 Å². The van der Waals surface area contributed by atoms with Crippen molar-refractivity contribution >= 4 is 49.7 Å². The number of hydrogen-bond acceptors (Lipinski definition) is 9. The first-order chi connectivity index (χ1) is 15.5. The summed E-state index contributed by atoms with van der Waals surface area (Å²) in [5.74, 6) is 4.43. The number of hydrogen-bond donors (Lipinski definition) is 8. The Balaban J connectivity index is 2.33. The summed E-state index contributed by atoms with van der Waals surface area (Å²) in [5.41, 5.74) is 20.5. The molecule has 0 bridgehead atoms. The second kappa shape index (κ2) is 9.51. The molecule has 176 valence electrons. The third-order valence-electron chi connectivity index (χ3n) is 4.47. The lowest BCUT2D eigenvalue weighted by molar-refractivity contribution is -0.117. The fourth-order valence-corrected chi connectivity index (χ4v) is 5.54. The van der Waals surface area contributed by atoms with Gasteiger partial charge in [0.1, 0.15) is 15.9 Å². The number of amidine groups is 1. The van der Waals surface area contributed by atoms with Gasteiger partial charge in [-0.15, -0.1) is 5.10 Å². The van der Waals surface area contributed by atoms with Crippen molar-refractivity contribution in [3.8, 4) is 11.1 Å². The summed E-state index contributed by atoms with van der Waals surface area (Å²) >= 11 is 0. The average molecular weight is 495 g/mol. The molecule has 0 saturated heterocycles. The highest BCUT2D eigenvalue weighted by Crippen LogP contribution is 2.35. The highest BCUT2D eigenvalue weighted by atomic mass is 32.2. The van der Waals surface area contributed by atoms with Gasteiger partial charge >= 0.3 is 0 Å². The van der Waals surface area contributed by atoms with E-state index in [4.69, 9.17) is 28.2 Å². The molecular formula is C17H22N10O4S2. The van der Waals surface area contributed by atoms with Crippen LogP contribution in [-0.2, 0) is 25.8 Å². The highest BCUT2D eigenvalue weighted by molar-refractivity contribution is 7.90. The van der Waals surface area contributed by atoms with E-state index in [9.17, 15) is 17.4 Å². The van der Waals surface area contributed by atoms with E-state index >= 15 is 0 Å². The standard InChI is InChI=1S/C17H22N10O4S2/c18-12(28)6-7-23-32(29)11-5-4-8(9-2-1-3-10-14(9)25-17(20)24-10)13(16(19)26-27-21)15(11)33(22,30)31/h1-5,23,27H,6-7,21H2,(H2,18,28)(H2,19,26)(H3,20,24,25)(H2,22,30,31). The van der Waals surface area contributed by atoms with Gasteiger partial charge in [0.2, 0.25) is 15.9 Å². The number of carbonyl (C=O) groups excluding carboxylic acids is 1. The summed E-state index contributed by atoms with van der Waals surface area (Å²) in [6, 6.07) is 7.89. The van der Waals surface area contributed by atoms with Gasteiger partial charge in [-0.25, -0.2) is 38.8 Å². The largest absolute Gasteiger partial charge is 0.382 e. The number of primary sulfonamides is 1. The minimum atomic E-state index is -4.50. The van der Waals surface area contributed by atoms with Gasteiger partial charge in [-0.05, 0) is 17.7 Å². The van der Waals surface area contributed by atoms with Gasteiger partial charge in [-0.2, -0.15) is 0 Å². The van der Waals surface area contributed by atoms with E-state index in [1.807, 2.05) is 5.53 Å². The molecule has 1 heterocycles. The summed E-state index contributed by atoms with van der Waals surface area (Å²) in [6.45, 7) is -0.0666. The maximum atomic E-state index is 12.9. The summed E-state index contributed by atoms with van der Waals surface area (Å²) in [4.78, 5) is 17.4. The number of amides is 1. The van der Waals surface area contributed by atoms with Gasteiger partial charge in [0.25, 0.3) is 0 Å². The number of nitrogen functional groups attached to an aromatic ring is 1. The average Bonchev–Trinajstić information content (AvgIpc) is 3.12. The number of carbonyl (C=O) groups is 1. The van der Waals surface area contributed by atoms with Crippen molar-refractivity contribution < 1.29 is 17.4 Å². The first kappa shape index (κ1) is 24.1. The van der Waals surface area contributed by atoms with Crippen LogP contribution in [0.15, 0.2) is 45.2 Å². The maximum Gasteiger partial charge on any atom is 0.240 e. The second-order valence-electron chi connectivity index (χ2n) is 6.69. The SMILES string of the molecule is NN/N=C(\N)c1c(-c2cccc3[nH]c(N)nc23)ccc(S(=O)NCCC(N)=O)c1S(N)(=O)=O. The monoisotopic (exact) mass is 494 g/mol. The molecule has 33 heavy (non-hydrogen) atoms. The molecule has 0 fully saturated rings. The van der Waals surface area contributed by atoms with Crippen LogP contribution >= 0.6 is 0 Å². The molecule has 2 aromatic carbocycles. The Kier molecular flexibility index (Phi) is 6.94. The zero-order valence-corrected chi connectivity index (χ0v) is 18.7. The second-order valence-corrected chi connectivity index (χ2v) is 9.45. The number of primary amides is 1. The number of anilines is 1. The molecule has 14 nitrogen and oxygen atoms in total. The molecule has 1 aromatic heterocycles. The van der Waals surface area contributed by atoms with Gasteiger partial charge in [0.15, 0.2) is 11.8 Å². The lowest BCUT2D eigenvalue weighted by Gasteiger charge is -2.17. The van der Waals surface area contributed by atoms with Crippen LogP contribution in [0.25, 0.3) is 22.2 Å². The Hall–Kier alpha value is -3.57. The van der Waals surface area contributed by atoms with Crippen LogP contribution in [0.1, 0.15) is 12.0 Å². The fourth-order valence-electron chi connectivity index (χ4n) is 3.21. The van der Waals surface area contributed by atoms with E-state index < -0.39 is 31.8 Å². The van der Waals surface area contributed by atoms with Gasteiger partial charge in [0.05, 0.1) is 15.9 Å². The number of sulfonamides is 1. The molecule has 1 unspecified atom stereocenters. The minimum absolute atomic E-state index is 0.0666. The number of fused-ring (bicyclic) bond motifs is 1. The predicted molar refractivity (Wildman–Crippen MR) is 124 cm³/mol. The third-order valence-corrected chi connectivity index (χ3v) is 6.80. The number of nitrogens with one attached hydrogen (secondary N) is 3. The molecule has 0 aliphatic heterocycles. The van der Waals surface area contributed by atoms with Gasteiger partial charge < -0.3 is 22.2 Å². The minimum Gasteiger partial charge on any atom is -0.382 e. The normalized spacial score (nSPS) is 13.2. The molecule has 16 heteroatoms. The quantitative estimate of drug-likeness (QED) is 0.0708. The van der Waals surface area contributed by atoms with E-state index in [0.717, 1.165) is 0 Å². The van der Waals surface area contributed by atoms with E-state index in [-0.39, 0.29) is 40.8 Å². The molecule has 13 N–H and O–H groups in total. The molecule has 3 aromatic rings. The van der Waals surface area contributed by atoms with E-state index in [1.165, 1.54) is 12.1 Å². The van der Waals surface area contributed by atoms with Gasteiger partial charge in [-0.1, -0.05) is 18.2 Å². The van der Waals surface area contributed by atoms with E-state index in [0.29, 0.717) is 16.6 Å². The van der Waals surface area contributed by atoms with E-state index in [1.54, 1.807) is 18.2 Å². The maximum absolute atomic E-state index is 12.9. The molecule has 0 aliphatic rings. The van der Waals surface area contributed by atoms with Crippen molar-refractivity contribution in [3.63, 3.8) is 0 Å². The molecule has 0 saturated carbocycles.